The Bertz CT molecular complexity index is 308. The molecule has 0 fully saturated rings. The molecule has 3 N–H and O–H groups in total. The third-order valence-electron chi connectivity index (χ3n) is 2.82. The predicted molar refractivity (Wildman–Crippen MR) is 80.5 cm³/mol. The summed E-state index contributed by atoms with van der Waals surface area (Å²) in [6.45, 7) is 5.23. The third kappa shape index (κ3) is 7.72. The zero-order valence-corrected chi connectivity index (χ0v) is 12.5. The number of allylic oxidation sites excluding steroid dienone is 2. The Morgan fingerprint density at radius 2 is 2.26 bits per heavy atom. The lowest BCUT2D eigenvalue weighted by molar-refractivity contribution is 0.111. The molecule has 0 saturated heterocycles. The summed E-state index contributed by atoms with van der Waals surface area (Å²) in [7, 11) is 0. The fraction of sp³-hybridized carbons (Fsp3) is 0.714. The van der Waals surface area contributed by atoms with Crippen LogP contribution in [-0.4, -0.2) is 29.2 Å². The molecule has 110 valence electrons. The van der Waals surface area contributed by atoms with E-state index in [0.29, 0.717) is 18.1 Å². The molecule has 0 radical (unpaired) electrons. The second kappa shape index (κ2) is 9.53. The minimum Gasteiger partial charge on any atom is -0.379 e. The first-order chi connectivity index (χ1) is 9.09. The van der Waals surface area contributed by atoms with E-state index in [-0.39, 0.29) is 11.9 Å². The molecule has 1 rings (SSSR count). The highest BCUT2D eigenvalue weighted by Crippen LogP contribution is 2.15. The van der Waals surface area contributed by atoms with Crippen LogP contribution in [0.2, 0.25) is 0 Å². The van der Waals surface area contributed by atoms with Crippen LogP contribution >= 0.6 is 11.9 Å². The molecule has 0 aromatic carbocycles. The van der Waals surface area contributed by atoms with E-state index in [9.17, 15) is 9.50 Å². The van der Waals surface area contributed by atoms with Gasteiger partial charge in [-0.3, -0.25) is 10.0 Å². The number of aliphatic hydroxyl groups excluding tert-OH is 1. The average Bonchev–Trinajstić information content (AvgIpc) is 2.36. The zero-order valence-electron chi connectivity index (χ0n) is 11.7. The van der Waals surface area contributed by atoms with E-state index in [1.165, 1.54) is 6.08 Å². The molecule has 0 bridgehead atoms. The Balaban J connectivity index is 2.03. The van der Waals surface area contributed by atoms with E-state index in [2.05, 4.69) is 23.9 Å². The molecule has 0 saturated carbocycles. The molecular formula is C14H25FN2OS. The van der Waals surface area contributed by atoms with Crippen molar-refractivity contribution in [3.05, 3.63) is 24.1 Å². The average molecular weight is 288 g/mol. The lowest BCUT2D eigenvalue weighted by Crippen LogP contribution is -2.39. The van der Waals surface area contributed by atoms with Gasteiger partial charge in [-0.25, -0.2) is 4.39 Å². The summed E-state index contributed by atoms with van der Waals surface area (Å²) in [6, 6.07) is -0.366. The minimum absolute atomic E-state index is 0.198. The second-order valence-corrected chi connectivity index (χ2v) is 6.47. The maximum atomic E-state index is 13.4. The quantitative estimate of drug-likeness (QED) is 0.347. The fourth-order valence-corrected chi connectivity index (χ4v) is 2.42. The van der Waals surface area contributed by atoms with E-state index in [1.54, 1.807) is 18.0 Å². The molecule has 3 nitrogen and oxygen atoms in total. The number of nitrogens with one attached hydrogen (secondary N) is 2. The highest BCUT2D eigenvalue weighted by Gasteiger charge is 2.17. The van der Waals surface area contributed by atoms with Crippen LogP contribution in [-0.2, 0) is 0 Å². The molecule has 19 heavy (non-hydrogen) atoms. The summed E-state index contributed by atoms with van der Waals surface area (Å²) in [4.78, 5) is 0. The lowest BCUT2D eigenvalue weighted by atomic mass is 10.1. The topological polar surface area (TPSA) is 44.3 Å². The lowest BCUT2D eigenvalue weighted by Gasteiger charge is -2.21. The van der Waals surface area contributed by atoms with Crippen molar-refractivity contribution in [1.29, 1.82) is 0 Å². The van der Waals surface area contributed by atoms with Crippen molar-refractivity contribution in [2.24, 2.45) is 0 Å². The standard InChI is InChI=1S/C14H25FN2OS/c1-11(2)19-16-10-6-5-9-14(18)17-13-8-4-3-7-12(13)15/h3-4,7,11,13-14,16-18H,5-6,8-10H2,1-2H3. The first kappa shape index (κ1) is 16.7. The third-order valence-corrected chi connectivity index (χ3v) is 3.66. The zero-order chi connectivity index (χ0) is 14.1. The van der Waals surface area contributed by atoms with E-state index in [1.807, 2.05) is 6.08 Å². The highest BCUT2D eigenvalue weighted by molar-refractivity contribution is 7.97. The fourth-order valence-electron chi connectivity index (χ4n) is 1.83. The van der Waals surface area contributed by atoms with Crippen molar-refractivity contribution >= 4 is 11.9 Å². The van der Waals surface area contributed by atoms with Gasteiger partial charge < -0.3 is 5.11 Å². The number of halogens is 1. The molecule has 0 aromatic rings. The number of rotatable bonds is 9. The van der Waals surface area contributed by atoms with Gasteiger partial charge in [-0.2, -0.15) is 0 Å². The molecule has 1 aliphatic rings. The summed E-state index contributed by atoms with van der Waals surface area (Å²) in [5, 5.41) is 13.3. The van der Waals surface area contributed by atoms with Gasteiger partial charge >= 0.3 is 0 Å². The van der Waals surface area contributed by atoms with Gasteiger partial charge in [-0.15, -0.1) is 0 Å². The van der Waals surface area contributed by atoms with Crippen LogP contribution in [0.5, 0.6) is 0 Å². The predicted octanol–water partition coefficient (Wildman–Crippen LogP) is 2.89. The minimum atomic E-state index is -0.631. The molecule has 2 unspecified atom stereocenters. The van der Waals surface area contributed by atoms with Crippen LogP contribution in [0.1, 0.15) is 39.5 Å². The Hall–Kier alpha value is -0.360. The van der Waals surface area contributed by atoms with Gasteiger partial charge in [0, 0.05) is 11.8 Å². The molecule has 0 heterocycles. The summed E-state index contributed by atoms with van der Waals surface area (Å²) < 4.78 is 16.7. The summed E-state index contributed by atoms with van der Waals surface area (Å²) >= 11 is 1.73. The van der Waals surface area contributed by atoms with Gasteiger partial charge in [-0.1, -0.05) is 37.9 Å². The highest BCUT2D eigenvalue weighted by atomic mass is 32.2. The Morgan fingerprint density at radius 3 is 2.95 bits per heavy atom. The monoisotopic (exact) mass is 288 g/mol. The van der Waals surface area contributed by atoms with Crippen LogP contribution in [0.4, 0.5) is 4.39 Å². The van der Waals surface area contributed by atoms with Crippen molar-refractivity contribution in [3.63, 3.8) is 0 Å². The summed E-state index contributed by atoms with van der Waals surface area (Å²) in [6.07, 6.45) is 7.62. The number of aliphatic hydroxyl groups is 1. The summed E-state index contributed by atoms with van der Waals surface area (Å²) in [5.41, 5.74) is 0. The van der Waals surface area contributed by atoms with Crippen molar-refractivity contribution in [2.75, 3.05) is 6.54 Å². The van der Waals surface area contributed by atoms with Crippen molar-refractivity contribution in [2.45, 2.75) is 57.1 Å². The van der Waals surface area contributed by atoms with E-state index < -0.39 is 6.23 Å². The molecule has 1 aliphatic carbocycles. The molecule has 0 aliphatic heterocycles. The van der Waals surface area contributed by atoms with Crippen LogP contribution in [0, 0.1) is 0 Å². The van der Waals surface area contributed by atoms with E-state index >= 15 is 0 Å². The number of unbranched alkanes of at least 4 members (excludes halogenated alkanes) is 1. The number of hydrogen-bond donors (Lipinski definition) is 3. The van der Waals surface area contributed by atoms with Gasteiger partial charge in [0.2, 0.25) is 0 Å². The van der Waals surface area contributed by atoms with Gasteiger partial charge in [0.1, 0.15) is 12.1 Å². The largest absolute Gasteiger partial charge is 0.379 e. The van der Waals surface area contributed by atoms with Crippen LogP contribution < -0.4 is 10.0 Å². The van der Waals surface area contributed by atoms with E-state index in [0.717, 1.165) is 19.4 Å². The van der Waals surface area contributed by atoms with Gasteiger partial charge in [-0.05, 0) is 31.8 Å². The van der Waals surface area contributed by atoms with Gasteiger partial charge in [0.25, 0.3) is 0 Å². The second-order valence-electron chi connectivity index (χ2n) is 5.01. The van der Waals surface area contributed by atoms with E-state index in [4.69, 9.17) is 0 Å². The molecule has 0 spiro atoms. The summed E-state index contributed by atoms with van der Waals surface area (Å²) in [5.74, 6) is -0.198. The van der Waals surface area contributed by atoms with Crippen LogP contribution in [0.3, 0.4) is 0 Å². The van der Waals surface area contributed by atoms with Crippen molar-refractivity contribution < 1.29 is 9.50 Å². The molecular weight excluding hydrogens is 263 g/mol. The SMILES string of the molecule is CC(C)SNCCCCC(O)NC1CC=CC=C1F. The Morgan fingerprint density at radius 1 is 1.47 bits per heavy atom. The Labute approximate surface area is 119 Å². The maximum absolute atomic E-state index is 13.4. The smallest absolute Gasteiger partial charge is 0.117 e. The molecule has 2 atom stereocenters. The van der Waals surface area contributed by atoms with Crippen molar-refractivity contribution in [1.82, 2.24) is 10.0 Å². The first-order valence-electron chi connectivity index (χ1n) is 6.94. The normalized spacial score (nSPS) is 20.7. The van der Waals surface area contributed by atoms with Gasteiger partial charge in [0.05, 0.1) is 6.04 Å². The van der Waals surface area contributed by atoms with Crippen LogP contribution in [0.15, 0.2) is 24.1 Å². The number of hydrogen-bond acceptors (Lipinski definition) is 4. The van der Waals surface area contributed by atoms with Crippen molar-refractivity contribution in [3.8, 4) is 0 Å². The van der Waals surface area contributed by atoms with Gasteiger partial charge in [0.15, 0.2) is 0 Å². The molecule has 0 amide bonds. The Kier molecular flexibility index (Phi) is 8.37. The first-order valence-corrected chi connectivity index (χ1v) is 7.82. The van der Waals surface area contributed by atoms with Crippen LogP contribution in [0.25, 0.3) is 0 Å². The molecule has 0 aromatic heterocycles. The maximum Gasteiger partial charge on any atom is 0.117 e. The molecule has 5 heteroatoms.